The molecule has 18 heavy (non-hydrogen) atoms. The van der Waals surface area contributed by atoms with Gasteiger partial charge in [-0.15, -0.1) is 0 Å². The molecule has 0 saturated carbocycles. The van der Waals surface area contributed by atoms with Gasteiger partial charge in [-0.2, -0.15) is 5.10 Å². The maximum absolute atomic E-state index is 11.7. The van der Waals surface area contributed by atoms with Crippen molar-refractivity contribution in [2.24, 2.45) is 5.92 Å². The van der Waals surface area contributed by atoms with Gasteiger partial charge in [-0.3, -0.25) is 14.4 Å². The summed E-state index contributed by atoms with van der Waals surface area (Å²) in [7, 11) is 0. The number of piperidine rings is 1. The van der Waals surface area contributed by atoms with Gasteiger partial charge >= 0.3 is 0 Å². The van der Waals surface area contributed by atoms with Gasteiger partial charge in [0, 0.05) is 31.7 Å². The van der Waals surface area contributed by atoms with Gasteiger partial charge in [-0.1, -0.05) is 0 Å². The first kappa shape index (κ1) is 13.5. The molecule has 1 saturated heterocycles. The monoisotopic (exact) mass is 314 g/mol. The van der Waals surface area contributed by atoms with Gasteiger partial charge in [0.05, 0.1) is 17.3 Å². The Morgan fingerprint density at radius 3 is 2.83 bits per heavy atom. The highest BCUT2D eigenvalue weighted by Crippen LogP contribution is 2.18. The summed E-state index contributed by atoms with van der Waals surface area (Å²) in [6.45, 7) is 5.40. The number of nitrogens with zero attached hydrogens (tertiary/aromatic N) is 3. The van der Waals surface area contributed by atoms with E-state index in [0.29, 0.717) is 0 Å². The average molecular weight is 315 g/mol. The highest BCUT2D eigenvalue weighted by Gasteiger charge is 2.24. The van der Waals surface area contributed by atoms with Crippen molar-refractivity contribution in [1.29, 1.82) is 0 Å². The van der Waals surface area contributed by atoms with Crippen LogP contribution in [0.2, 0.25) is 0 Å². The van der Waals surface area contributed by atoms with Gasteiger partial charge in [-0.05, 0) is 35.7 Å². The lowest BCUT2D eigenvalue weighted by molar-refractivity contribution is -0.126. The Hall–Kier alpha value is -0.880. The zero-order valence-corrected chi connectivity index (χ0v) is 12.2. The van der Waals surface area contributed by atoms with E-state index in [2.05, 4.69) is 31.2 Å². The first-order chi connectivity index (χ1) is 8.69. The average Bonchev–Trinajstić information content (AvgIpc) is 2.76. The standard InChI is InChI=1S/C12H19BrN4O/c1-2-14-12(18)10-3-5-16(6-4-10)9-17-8-11(13)7-15-17/h7-8,10H,2-6,9H2,1H3,(H,14,18). The maximum atomic E-state index is 11.7. The Labute approximate surface area is 116 Å². The molecular formula is C12H19BrN4O. The van der Waals surface area contributed by atoms with Crippen LogP contribution in [0.15, 0.2) is 16.9 Å². The number of carbonyl (C=O) groups excluding carboxylic acids is 1. The summed E-state index contributed by atoms with van der Waals surface area (Å²) in [5.74, 6) is 0.393. The van der Waals surface area contributed by atoms with E-state index in [1.54, 1.807) is 6.20 Å². The zero-order chi connectivity index (χ0) is 13.0. The van der Waals surface area contributed by atoms with Crippen LogP contribution in [-0.4, -0.2) is 40.2 Å². The van der Waals surface area contributed by atoms with Crippen molar-refractivity contribution in [1.82, 2.24) is 20.0 Å². The van der Waals surface area contributed by atoms with Crippen LogP contribution in [0.4, 0.5) is 0 Å². The highest BCUT2D eigenvalue weighted by atomic mass is 79.9. The summed E-state index contributed by atoms with van der Waals surface area (Å²) >= 11 is 3.39. The van der Waals surface area contributed by atoms with Crippen molar-refractivity contribution < 1.29 is 4.79 Å². The van der Waals surface area contributed by atoms with Gasteiger partial charge in [0.1, 0.15) is 0 Å². The topological polar surface area (TPSA) is 50.2 Å². The van der Waals surface area contributed by atoms with Gasteiger partial charge in [0.2, 0.25) is 5.91 Å². The van der Waals surface area contributed by atoms with E-state index in [-0.39, 0.29) is 11.8 Å². The Morgan fingerprint density at radius 1 is 1.56 bits per heavy atom. The lowest BCUT2D eigenvalue weighted by atomic mass is 9.96. The first-order valence-corrected chi connectivity index (χ1v) is 7.16. The molecule has 0 aliphatic carbocycles. The van der Waals surface area contributed by atoms with Crippen LogP contribution in [0.5, 0.6) is 0 Å². The molecule has 1 fully saturated rings. The quantitative estimate of drug-likeness (QED) is 0.915. The number of aromatic nitrogens is 2. The highest BCUT2D eigenvalue weighted by molar-refractivity contribution is 9.10. The molecule has 1 N–H and O–H groups in total. The molecule has 0 radical (unpaired) electrons. The molecule has 5 nitrogen and oxygen atoms in total. The Kier molecular flexibility index (Phi) is 4.77. The molecule has 0 spiro atoms. The molecule has 1 amide bonds. The van der Waals surface area contributed by atoms with Crippen molar-refractivity contribution in [2.75, 3.05) is 19.6 Å². The number of hydrogen-bond donors (Lipinski definition) is 1. The molecule has 1 aliphatic heterocycles. The smallest absolute Gasteiger partial charge is 0.223 e. The molecule has 0 bridgehead atoms. The fourth-order valence-corrected chi connectivity index (χ4v) is 2.60. The first-order valence-electron chi connectivity index (χ1n) is 6.37. The minimum atomic E-state index is 0.186. The van der Waals surface area contributed by atoms with E-state index in [0.717, 1.165) is 43.6 Å². The number of carbonyl (C=O) groups is 1. The van der Waals surface area contributed by atoms with Gasteiger partial charge in [0.15, 0.2) is 0 Å². The predicted molar refractivity (Wildman–Crippen MR) is 72.9 cm³/mol. The van der Waals surface area contributed by atoms with Crippen LogP contribution in [0, 0.1) is 5.92 Å². The second-order valence-corrected chi connectivity index (χ2v) is 5.54. The van der Waals surface area contributed by atoms with Crippen LogP contribution in [0.1, 0.15) is 19.8 Å². The molecule has 2 heterocycles. The largest absolute Gasteiger partial charge is 0.356 e. The Balaban J connectivity index is 1.78. The second-order valence-electron chi connectivity index (χ2n) is 4.63. The van der Waals surface area contributed by atoms with E-state index in [4.69, 9.17) is 0 Å². The van der Waals surface area contributed by atoms with E-state index >= 15 is 0 Å². The summed E-state index contributed by atoms with van der Waals surface area (Å²) in [5.41, 5.74) is 0. The third kappa shape index (κ3) is 3.55. The van der Waals surface area contributed by atoms with E-state index in [9.17, 15) is 4.79 Å². The molecule has 100 valence electrons. The van der Waals surface area contributed by atoms with E-state index in [1.807, 2.05) is 17.8 Å². The number of halogens is 1. The minimum Gasteiger partial charge on any atom is -0.356 e. The maximum Gasteiger partial charge on any atom is 0.223 e. The molecule has 1 aromatic heterocycles. The fraction of sp³-hybridized carbons (Fsp3) is 0.667. The van der Waals surface area contributed by atoms with Crippen LogP contribution in [0.3, 0.4) is 0 Å². The normalized spacial score (nSPS) is 17.9. The number of likely N-dealkylation sites (tertiary alicyclic amines) is 1. The van der Waals surface area contributed by atoms with Crippen LogP contribution in [0.25, 0.3) is 0 Å². The molecule has 0 unspecified atom stereocenters. The Morgan fingerprint density at radius 2 is 2.28 bits per heavy atom. The summed E-state index contributed by atoms with van der Waals surface area (Å²) in [6.07, 6.45) is 5.64. The second kappa shape index (κ2) is 6.33. The lowest BCUT2D eigenvalue weighted by Gasteiger charge is -2.30. The van der Waals surface area contributed by atoms with Crippen molar-refractivity contribution in [3.8, 4) is 0 Å². The summed E-state index contributed by atoms with van der Waals surface area (Å²) in [4.78, 5) is 14.0. The molecule has 1 aliphatic rings. The van der Waals surface area contributed by atoms with Crippen molar-refractivity contribution in [3.63, 3.8) is 0 Å². The van der Waals surface area contributed by atoms with Gasteiger partial charge in [-0.25, -0.2) is 0 Å². The van der Waals surface area contributed by atoms with Crippen molar-refractivity contribution in [2.45, 2.75) is 26.4 Å². The van der Waals surface area contributed by atoms with Crippen LogP contribution in [-0.2, 0) is 11.5 Å². The van der Waals surface area contributed by atoms with Crippen molar-refractivity contribution >= 4 is 21.8 Å². The van der Waals surface area contributed by atoms with Crippen LogP contribution < -0.4 is 5.32 Å². The summed E-state index contributed by atoms with van der Waals surface area (Å²) in [6, 6.07) is 0. The van der Waals surface area contributed by atoms with Gasteiger partial charge < -0.3 is 5.32 Å². The van der Waals surface area contributed by atoms with Crippen molar-refractivity contribution in [3.05, 3.63) is 16.9 Å². The minimum absolute atomic E-state index is 0.186. The molecular weight excluding hydrogens is 296 g/mol. The molecule has 2 rings (SSSR count). The van der Waals surface area contributed by atoms with Gasteiger partial charge in [0.25, 0.3) is 0 Å². The Bertz CT molecular complexity index is 399. The molecule has 0 aromatic carbocycles. The molecule has 0 atom stereocenters. The zero-order valence-electron chi connectivity index (χ0n) is 10.6. The lowest BCUT2D eigenvalue weighted by Crippen LogP contribution is -2.41. The third-order valence-corrected chi connectivity index (χ3v) is 3.67. The summed E-state index contributed by atoms with van der Waals surface area (Å²) < 4.78 is 2.91. The number of rotatable bonds is 4. The van der Waals surface area contributed by atoms with E-state index < -0.39 is 0 Å². The predicted octanol–water partition coefficient (Wildman–Crippen LogP) is 1.45. The third-order valence-electron chi connectivity index (χ3n) is 3.26. The molecule has 6 heteroatoms. The van der Waals surface area contributed by atoms with Crippen LogP contribution >= 0.6 is 15.9 Å². The fourth-order valence-electron chi connectivity index (χ4n) is 2.28. The van der Waals surface area contributed by atoms with E-state index in [1.165, 1.54) is 0 Å². The SMILES string of the molecule is CCNC(=O)C1CCN(Cn2cc(Br)cn2)CC1. The number of amides is 1. The molecule has 1 aromatic rings. The number of hydrogen-bond acceptors (Lipinski definition) is 3. The number of nitrogens with one attached hydrogen (secondary N) is 1. The summed E-state index contributed by atoms with van der Waals surface area (Å²) in [5, 5.41) is 7.14.